The predicted molar refractivity (Wildman–Crippen MR) is 66.4 cm³/mol. The van der Waals surface area contributed by atoms with Crippen LogP contribution < -0.4 is 5.32 Å². The quantitative estimate of drug-likeness (QED) is 0.801. The average Bonchev–Trinajstić information content (AvgIpc) is 2.75. The van der Waals surface area contributed by atoms with Crippen LogP contribution in [0.25, 0.3) is 0 Å². The van der Waals surface area contributed by atoms with Gasteiger partial charge in [-0.1, -0.05) is 26.2 Å². The van der Waals surface area contributed by atoms with Gasteiger partial charge in [-0.15, -0.1) is 0 Å². The van der Waals surface area contributed by atoms with E-state index in [1.54, 1.807) is 0 Å². The smallest absolute Gasteiger partial charge is 0.311 e. The second kappa shape index (κ2) is 5.81. The van der Waals surface area contributed by atoms with Crippen molar-refractivity contribution in [2.75, 3.05) is 0 Å². The van der Waals surface area contributed by atoms with Crippen LogP contribution in [0.5, 0.6) is 0 Å². The minimum atomic E-state index is -4.00. The Labute approximate surface area is 108 Å². The molecule has 2 aliphatic carbocycles. The summed E-state index contributed by atoms with van der Waals surface area (Å²) in [5.41, 5.74) is 0. The molecule has 0 radical (unpaired) electrons. The lowest BCUT2D eigenvalue weighted by atomic mass is 9.84. The van der Waals surface area contributed by atoms with Crippen molar-refractivity contribution in [2.24, 2.45) is 11.8 Å². The zero-order valence-electron chi connectivity index (χ0n) is 11.1. The van der Waals surface area contributed by atoms with Gasteiger partial charge in [-0.05, 0) is 38.0 Å². The molecule has 2 saturated carbocycles. The lowest BCUT2D eigenvalue weighted by molar-refractivity contribution is -0.183. The molecule has 2 fully saturated rings. The van der Waals surface area contributed by atoms with E-state index in [2.05, 4.69) is 12.2 Å². The van der Waals surface area contributed by atoms with Crippen molar-refractivity contribution in [2.45, 2.75) is 76.6 Å². The van der Waals surface area contributed by atoms with Gasteiger partial charge in [-0.25, -0.2) is 0 Å². The fourth-order valence-corrected chi connectivity index (χ4v) is 3.69. The summed E-state index contributed by atoms with van der Waals surface area (Å²) in [6.45, 7) is 2.18. The van der Waals surface area contributed by atoms with Gasteiger partial charge in [0, 0.05) is 12.1 Å². The highest BCUT2D eigenvalue weighted by molar-refractivity contribution is 4.88. The van der Waals surface area contributed by atoms with Gasteiger partial charge in [0.1, 0.15) is 0 Å². The number of hydrogen-bond donors (Lipinski definition) is 1. The maximum Gasteiger partial charge on any atom is 0.391 e. The first kappa shape index (κ1) is 14.2. The summed E-state index contributed by atoms with van der Waals surface area (Å²) in [7, 11) is 0. The number of alkyl halides is 3. The average molecular weight is 263 g/mol. The van der Waals surface area contributed by atoms with Crippen LogP contribution >= 0.6 is 0 Å². The van der Waals surface area contributed by atoms with Crippen molar-refractivity contribution < 1.29 is 13.2 Å². The zero-order chi connectivity index (χ0) is 13.2. The van der Waals surface area contributed by atoms with Gasteiger partial charge in [-0.2, -0.15) is 13.2 Å². The Hall–Kier alpha value is -0.250. The van der Waals surface area contributed by atoms with E-state index in [-0.39, 0.29) is 12.5 Å². The van der Waals surface area contributed by atoms with Crippen LogP contribution in [-0.2, 0) is 0 Å². The second-order valence-electron chi connectivity index (χ2n) is 5.97. The molecule has 0 bridgehead atoms. The molecule has 0 spiro atoms. The maximum atomic E-state index is 12.7. The first-order chi connectivity index (χ1) is 8.50. The van der Waals surface area contributed by atoms with Crippen LogP contribution in [0, 0.1) is 11.8 Å². The highest BCUT2D eigenvalue weighted by atomic mass is 19.4. The fourth-order valence-electron chi connectivity index (χ4n) is 3.69. The van der Waals surface area contributed by atoms with Gasteiger partial charge >= 0.3 is 6.18 Å². The van der Waals surface area contributed by atoms with E-state index in [1.807, 2.05) is 0 Å². The Balaban J connectivity index is 1.86. The largest absolute Gasteiger partial charge is 0.391 e. The van der Waals surface area contributed by atoms with Crippen LogP contribution in [0.15, 0.2) is 0 Å². The van der Waals surface area contributed by atoms with Gasteiger partial charge in [0.2, 0.25) is 0 Å². The monoisotopic (exact) mass is 263 g/mol. The third-order valence-electron chi connectivity index (χ3n) is 4.77. The van der Waals surface area contributed by atoms with Crippen LogP contribution in [0.2, 0.25) is 0 Å². The van der Waals surface area contributed by atoms with Crippen molar-refractivity contribution in [1.82, 2.24) is 5.32 Å². The topological polar surface area (TPSA) is 12.0 Å². The Kier molecular flexibility index (Phi) is 4.57. The van der Waals surface area contributed by atoms with E-state index in [4.69, 9.17) is 0 Å². The Morgan fingerprint density at radius 2 is 1.78 bits per heavy atom. The first-order valence-corrected chi connectivity index (χ1v) is 7.33. The Bertz CT molecular complexity index is 264. The van der Waals surface area contributed by atoms with Crippen molar-refractivity contribution in [3.63, 3.8) is 0 Å². The molecule has 0 heterocycles. The summed E-state index contributed by atoms with van der Waals surface area (Å²) in [5, 5.41) is 3.52. The molecular weight excluding hydrogens is 239 g/mol. The van der Waals surface area contributed by atoms with Gasteiger partial charge < -0.3 is 5.32 Å². The molecule has 1 nitrogen and oxygen atoms in total. The molecule has 18 heavy (non-hydrogen) atoms. The zero-order valence-corrected chi connectivity index (χ0v) is 11.1. The van der Waals surface area contributed by atoms with Crippen LogP contribution in [0.4, 0.5) is 13.2 Å². The molecule has 106 valence electrons. The lowest BCUT2D eigenvalue weighted by Gasteiger charge is -2.34. The number of rotatable bonds is 3. The van der Waals surface area contributed by atoms with Gasteiger partial charge in [0.25, 0.3) is 0 Å². The molecule has 1 N–H and O–H groups in total. The lowest BCUT2D eigenvalue weighted by Crippen LogP contribution is -2.44. The molecule has 0 aliphatic heterocycles. The first-order valence-electron chi connectivity index (χ1n) is 7.33. The van der Waals surface area contributed by atoms with Crippen molar-refractivity contribution in [3.05, 3.63) is 0 Å². The summed E-state index contributed by atoms with van der Waals surface area (Å²) in [6.07, 6.45) is 3.00. The van der Waals surface area contributed by atoms with E-state index >= 15 is 0 Å². The van der Waals surface area contributed by atoms with Crippen molar-refractivity contribution in [1.29, 1.82) is 0 Å². The number of hydrogen-bond acceptors (Lipinski definition) is 1. The Morgan fingerprint density at radius 3 is 2.44 bits per heavy atom. The minimum absolute atomic E-state index is 0.0857. The molecule has 2 aliphatic rings. The minimum Gasteiger partial charge on any atom is -0.311 e. The number of halogens is 3. The van der Waals surface area contributed by atoms with Gasteiger partial charge in [0.05, 0.1) is 5.92 Å². The normalized spacial score (nSPS) is 38.0. The molecule has 4 unspecified atom stereocenters. The molecule has 0 aromatic rings. The summed E-state index contributed by atoms with van der Waals surface area (Å²) in [6, 6.07) is 0.550. The van der Waals surface area contributed by atoms with E-state index in [1.165, 1.54) is 12.8 Å². The highest BCUT2D eigenvalue weighted by Gasteiger charge is 2.42. The van der Waals surface area contributed by atoms with Crippen LogP contribution in [0.1, 0.15) is 58.3 Å². The Morgan fingerprint density at radius 1 is 1.06 bits per heavy atom. The maximum absolute atomic E-state index is 12.7. The molecule has 0 aromatic heterocycles. The van der Waals surface area contributed by atoms with E-state index in [0.717, 1.165) is 19.3 Å². The van der Waals surface area contributed by atoms with Crippen LogP contribution in [-0.4, -0.2) is 18.3 Å². The second-order valence-corrected chi connectivity index (χ2v) is 5.97. The van der Waals surface area contributed by atoms with Crippen molar-refractivity contribution in [3.8, 4) is 0 Å². The molecule has 0 saturated heterocycles. The molecule has 4 heteroatoms. The molecule has 0 amide bonds. The standard InChI is InChI=1S/C14H24F3N/c1-2-10-5-3-8-13(10)18-12-7-4-6-11(9-12)14(15,16)17/h10-13,18H,2-9H2,1H3. The van der Waals surface area contributed by atoms with E-state index in [9.17, 15) is 13.2 Å². The summed E-state index contributed by atoms with van der Waals surface area (Å²) < 4.78 is 38.2. The fraction of sp³-hybridized carbons (Fsp3) is 1.00. The summed E-state index contributed by atoms with van der Waals surface area (Å²) in [5.74, 6) is -0.401. The molecule has 0 aromatic carbocycles. The van der Waals surface area contributed by atoms with E-state index < -0.39 is 12.1 Å². The van der Waals surface area contributed by atoms with Gasteiger partial charge in [-0.3, -0.25) is 0 Å². The molecular formula is C14H24F3N. The summed E-state index contributed by atoms with van der Waals surface area (Å²) in [4.78, 5) is 0. The van der Waals surface area contributed by atoms with E-state index in [0.29, 0.717) is 24.8 Å². The number of nitrogens with one attached hydrogen (secondary N) is 1. The van der Waals surface area contributed by atoms with Crippen LogP contribution in [0.3, 0.4) is 0 Å². The SMILES string of the molecule is CCC1CCCC1NC1CCCC(C(F)(F)F)C1. The third kappa shape index (κ3) is 3.40. The molecule has 2 rings (SSSR count). The van der Waals surface area contributed by atoms with Gasteiger partial charge in [0.15, 0.2) is 0 Å². The summed E-state index contributed by atoms with van der Waals surface area (Å²) >= 11 is 0. The molecule has 4 atom stereocenters. The third-order valence-corrected chi connectivity index (χ3v) is 4.77. The van der Waals surface area contributed by atoms with Crippen molar-refractivity contribution >= 4 is 0 Å². The predicted octanol–water partition coefficient (Wildman–Crippen LogP) is 4.28. The highest BCUT2D eigenvalue weighted by Crippen LogP contribution is 2.38.